The first kappa shape index (κ1) is 17.9. The highest BCUT2D eigenvalue weighted by molar-refractivity contribution is 5.64. The van der Waals surface area contributed by atoms with Gasteiger partial charge in [0.05, 0.1) is 11.9 Å². The Balaban J connectivity index is 1.36. The lowest BCUT2D eigenvalue weighted by molar-refractivity contribution is 0.306. The Bertz CT molecular complexity index is 1270. The lowest BCUT2D eigenvalue weighted by Crippen LogP contribution is -2.01. The summed E-state index contributed by atoms with van der Waals surface area (Å²) < 4.78 is 7.75. The second-order valence-electron chi connectivity index (χ2n) is 6.80. The number of benzene rings is 2. The van der Waals surface area contributed by atoms with E-state index in [2.05, 4.69) is 15.3 Å². The van der Waals surface area contributed by atoms with Crippen LogP contribution in [0.1, 0.15) is 5.56 Å². The number of anilines is 2. The predicted octanol–water partition coefficient (Wildman–Crippen LogP) is 5.11. The zero-order valence-corrected chi connectivity index (χ0v) is 16.1. The van der Waals surface area contributed by atoms with Crippen LogP contribution in [-0.4, -0.2) is 19.6 Å². The molecule has 3 heterocycles. The van der Waals surface area contributed by atoms with Crippen LogP contribution < -0.4 is 10.1 Å². The van der Waals surface area contributed by atoms with Crippen LogP contribution in [0.25, 0.3) is 16.9 Å². The van der Waals surface area contributed by atoms with Crippen molar-refractivity contribution in [1.29, 1.82) is 0 Å². The van der Waals surface area contributed by atoms with Gasteiger partial charge in [-0.1, -0.05) is 36.4 Å². The van der Waals surface area contributed by atoms with E-state index in [4.69, 9.17) is 9.84 Å². The number of aromatic nitrogens is 4. The molecular weight excluding hydrogens is 374 g/mol. The summed E-state index contributed by atoms with van der Waals surface area (Å²) in [5.41, 5.74) is 4.74. The Morgan fingerprint density at radius 3 is 2.60 bits per heavy atom. The molecule has 0 atom stereocenters. The van der Waals surface area contributed by atoms with Gasteiger partial charge in [-0.15, -0.1) is 5.10 Å². The zero-order valence-electron chi connectivity index (χ0n) is 16.1. The molecule has 146 valence electrons. The Hall–Kier alpha value is -4.19. The van der Waals surface area contributed by atoms with E-state index in [1.165, 1.54) is 0 Å². The van der Waals surface area contributed by atoms with E-state index < -0.39 is 0 Å². The molecule has 6 nitrogen and oxygen atoms in total. The maximum absolute atomic E-state index is 5.92. The Kier molecular flexibility index (Phi) is 4.79. The van der Waals surface area contributed by atoms with Gasteiger partial charge in [0.1, 0.15) is 12.4 Å². The van der Waals surface area contributed by atoms with Crippen molar-refractivity contribution in [2.24, 2.45) is 0 Å². The standard InChI is InChI=1S/C24H19N5O/c1-2-5-18(6-3-1)17-30-21-8-4-7-20(15-21)27-23-9-10-24-26-16-22(29(24)28-23)19-11-13-25-14-12-19/h1-16H,17H2,(H,27,28). The fourth-order valence-corrected chi connectivity index (χ4v) is 3.21. The maximum Gasteiger partial charge on any atom is 0.154 e. The van der Waals surface area contributed by atoms with Crippen molar-refractivity contribution >= 4 is 17.2 Å². The smallest absolute Gasteiger partial charge is 0.154 e. The SMILES string of the molecule is c1ccc(COc2cccc(Nc3ccc4ncc(-c5ccncc5)n4n3)c2)cc1. The topological polar surface area (TPSA) is 64.3 Å². The van der Waals surface area contributed by atoms with E-state index >= 15 is 0 Å². The minimum absolute atomic E-state index is 0.527. The number of pyridine rings is 1. The molecule has 2 aromatic carbocycles. The lowest BCUT2D eigenvalue weighted by atomic mass is 10.2. The molecule has 5 aromatic rings. The molecule has 0 aliphatic carbocycles. The Labute approximate surface area is 173 Å². The van der Waals surface area contributed by atoms with Crippen molar-refractivity contribution in [3.8, 4) is 17.0 Å². The number of hydrogen-bond acceptors (Lipinski definition) is 5. The first-order valence-corrected chi connectivity index (χ1v) is 9.64. The molecular formula is C24H19N5O. The molecule has 5 rings (SSSR count). The van der Waals surface area contributed by atoms with Crippen LogP contribution in [-0.2, 0) is 6.61 Å². The molecule has 0 spiro atoms. The molecule has 0 amide bonds. The molecule has 0 unspecified atom stereocenters. The number of hydrogen-bond donors (Lipinski definition) is 1. The Morgan fingerprint density at radius 1 is 0.867 bits per heavy atom. The highest BCUT2D eigenvalue weighted by Gasteiger charge is 2.08. The quantitative estimate of drug-likeness (QED) is 0.434. The van der Waals surface area contributed by atoms with E-state index in [0.29, 0.717) is 6.61 Å². The van der Waals surface area contributed by atoms with E-state index in [1.54, 1.807) is 12.4 Å². The largest absolute Gasteiger partial charge is 0.489 e. The third-order valence-corrected chi connectivity index (χ3v) is 4.69. The first-order chi connectivity index (χ1) is 14.8. The van der Waals surface area contributed by atoms with Gasteiger partial charge < -0.3 is 10.1 Å². The fourth-order valence-electron chi connectivity index (χ4n) is 3.21. The molecule has 1 N–H and O–H groups in total. The second kappa shape index (κ2) is 8.05. The van der Waals surface area contributed by atoms with Gasteiger partial charge >= 0.3 is 0 Å². The van der Waals surface area contributed by atoms with Crippen molar-refractivity contribution < 1.29 is 4.74 Å². The molecule has 0 aliphatic rings. The average Bonchev–Trinajstić information content (AvgIpc) is 3.23. The summed E-state index contributed by atoms with van der Waals surface area (Å²) in [4.78, 5) is 8.52. The van der Waals surface area contributed by atoms with Crippen molar-refractivity contribution in [3.05, 3.63) is 103 Å². The molecule has 3 aromatic heterocycles. The van der Waals surface area contributed by atoms with Crippen molar-refractivity contribution in [2.75, 3.05) is 5.32 Å². The fraction of sp³-hybridized carbons (Fsp3) is 0.0417. The third-order valence-electron chi connectivity index (χ3n) is 4.69. The summed E-state index contributed by atoms with van der Waals surface area (Å²) in [5.74, 6) is 1.51. The number of nitrogens with one attached hydrogen (secondary N) is 1. The number of ether oxygens (including phenoxy) is 1. The maximum atomic E-state index is 5.92. The molecule has 0 fully saturated rings. The van der Waals surface area contributed by atoms with E-state index in [-0.39, 0.29) is 0 Å². The zero-order chi connectivity index (χ0) is 20.2. The van der Waals surface area contributed by atoms with Crippen LogP contribution in [0.5, 0.6) is 5.75 Å². The minimum Gasteiger partial charge on any atom is -0.489 e. The summed E-state index contributed by atoms with van der Waals surface area (Å²) in [6.45, 7) is 0.527. The minimum atomic E-state index is 0.527. The molecule has 0 bridgehead atoms. The highest BCUT2D eigenvalue weighted by Crippen LogP contribution is 2.23. The van der Waals surface area contributed by atoms with Crippen LogP contribution in [0.15, 0.2) is 97.5 Å². The molecule has 0 aliphatic heterocycles. The summed E-state index contributed by atoms with van der Waals surface area (Å²) >= 11 is 0. The van der Waals surface area contributed by atoms with Crippen molar-refractivity contribution in [3.63, 3.8) is 0 Å². The van der Waals surface area contributed by atoms with Gasteiger partial charge in [0.2, 0.25) is 0 Å². The van der Waals surface area contributed by atoms with Crippen LogP contribution in [0.4, 0.5) is 11.5 Å². The summed E-state index contributed by atoms with van der Waals surface area (Å²) in [6.07, 6.45) is 5.34. The number of rotatable bonds is 6. The second-order valence-corrected chi connectivity index (χ2v) is 6.80. The Morgan fingerprint density at radius 2 is 1.73 bits per heavy atom. The van der Waals surface area contributed by atoms with Crippen LogP contribution in [0.3, 0.4) is 0 Å². The number of imidazole rings is 1. The van der Waals surface area contributed by atoms with Gasteiger partial charge in [-0.2, -0.15) is 0 Å². The van der Waals surface area contributed by atoms with Gasteiger partial charge in [-0.05, 0) is 42.0 Å². The van der Waals surface area contributed by atoms with Gasteiger partial charge in [0.15, 0.2) is 11.5 Å². The van der Waals surface area contributed by atoms with E-state index in [1.807, 2.05) is 89.6 Å². The van der Waals surface area contributed by atoms with Crippen LogP contribution in [0, 0.1) is 0 Å². The average molecular weight is 393 g/mol. The van der Waals surface area contributed by atoms with Crippen molar-refractivity contribution in [1.82, 2.24) is 19.6 Å². The summed E-state index contributed by atoms with van der Waals surface area (Å²) in [5, 5.41) is 8.06. The van der Waals surface area contributed by atoms with Crippen LogP contribution >= 0.6 is 0 Å². The summed E-state index contributed by atoms with van der Waals surface area (Å²) in [6, 6.07) is 25.7. The summed E-state index contributed by atoms with van der Waals surface area (Å²) in [7, 11) is 0. The lowest BCUT2D eigenvalue weighted by Gasteiger charge is -2.10. The van der Waals surface area contributed by atoms with E-state index in [9.17, 15) is 0 Å². The molecule has 0 radical (unpaired) electrons. The van der Waals surface area contributed by atoms with Crippen molar-refractivity contribution in [2.45, 2.75) is 6.61 Å². The monoisotopic (exact) mass is 393 g/mol. The number of fused-ring (bicyclic) bond motifs is 1. The predicted molar refractivity (Wildman–Crippen MR) is 117 cm³/mol. The normalized spacial score (nSPS) is 10.8. The molecule has 6 heteroatoms. The van der Waals surface area contributed by atoms with Gasteiger partial charge in [0.25, 0.3) is 0 Å². The van der Waals surface area contributed by atoms with Gasteiger partial charge in [-0.25, -0.2) is 9.50 Å². The molecule has 30 heavy (non-hydrogen) atoms. The molecule has 0 saturated heterocycles. The highest BCUT2D eigenvalue weighted by atomic mass is 16.5. The first-order valence-electron chi connectivity index (χ1n) is 9.64. The van der Waals surface area contributed by atoms with Gasteiger partial charge in [0, 0.05) is 29.7 Å². The number of nitrogens with zero attached hydrogens (tertiary/aromatic N) is 4. The molecule has 0 saturated carbocycles. The van der Waals surface area contributed by atoms with Gasteiger partial charge in [-0.3, -0.25) is 4.98 Å². The van der Waals surface area contributed by atoms with Crippen LogP contribution in [0.2, 0.25) is 0 Å². The van der Waals surface area contributed by atoms with E-state index in [0.717, 1.165) is 39.7 Å². The third kappa shape index (κ3) is 3.84.